The molecule has 0 aliphatic carbocycles. The molecule has 0 aliphatic heterocycles. The zero-order valence-corrected chi connectivity index (χ0v) is 47.8. The van der Waals surface area contributed by atoms with Crippen molar-refractivity contribution in [2.24, 2.45) is 0 Å². The van der Waals surface area contributed by atoms with E-state index in [2.05, 4.69) is 251 Å². The Morgan fingerprint density at radius 1 is 0.225 bits per heavy atom. The van der Waals surface area contributed by atoms with Crippen LogP contribution in [0, 0.1) is 0 Å². The fraction of sp³-hybridized carbons (Fsp3) is 0.216. The standard InChI is InChI=1S/C74H66N2O4/c1-71(2,3)45-33-46(72(4,5)6)36-53(35-45)75(49-21-25-57-55-17-13-15-19-63(55)77-67(57)39-49)51-23-27-59-61-29-43-32-66-62(30-44(43)31-65(61)79-69(59)41-51)60-28-24-52(42-70(60)80-66)76(54-37-47(73(7,8)9)34-48(38-54)74(10,11)12)50-22-26-58-56-18-14-16-20-64(56)78-68(58)40-50/h13-42H,1-12H3. The van der Waals surface area contributed by atoms with Crippen molar-refractivity contribution in [3.8, 4) is 0 Å². The van der Waals surface area contributed by atoms with Gasteiger partial charge in [0, 0.05) is 101 Å². The van der Waals surface area contributed by atoms with E-state index in [4.69, 9.17) is 17.7 Å². The third-order valence-electron chi connectivity index (χ3n) is 16.6. The Kier molecular flexibility index (Phi) is 10.8. The molecule has 0 fully saturated rings. The van der Waals surface area contributed by atoms with Crippen LogP contribution >= 0.6 is 0 Å². The van der Waals surface area contributed by atoms with Crippen molar-refractivity contribution >= 4 is 133 Å². The van der Waals surface area contributed by atoms with Gasteiger partial charge in [-0.05, 0) is 164 Å². The summed E-state index contributed by atoms with van der Waals surface area (Å²) in [6.45, 7) is 27.5. The van der Waals surface area contributed by atoms with E-state index in [-0.39, 0.29) is 21.7 Å². The highest BCUT2D eigenvalue weighted by Crippen LogP contribution is 2.47. The molecule has 0 aliphatic rings. The molecule has 80 heavy (non-hydrogen) atoms. The number of hydrogen-bond donors (Lipinski definition) is 0. The van der Waals surface area contributed by atoms with Crippen LogP contribution in [0.5, 0.6) is 0 Å². The first-order chi connectivity index (χ1) is 38.1. The van der Waals surface area contributed by atoms with Crippen LogP contribution in [0.4, 0.5) is 34.1 Å². The SMILES string of the molecule is CC(C)(C)c1cc(N(c2ccc3c(c2)oc2ccccc23)c2ccc3c(c2)oc2cc4cc5c(cc4cc23)oc2cc(N(c3cc(C(C)(C)C)cc(C(C)(C)C)c3)c3ccc4c(c3)oc3ccccc34)ccc25)cc(C(C)(C)C)c1. The van der Waals surface area contributed by atoms with Gasteiger partial charge in [-0.15, -0.1) is 0 Å². The van der Waals surface area contributed by atoms with Gasteiger partial charge in [0.15, 0.2) is 0 Å². The summed E-state index contributed by atoms with van der Waals surface area (Å²) in [6.07, 6.45) is 0. The molecule has 0 unspecified atom stereocenters. The van der Waals surface area contributed by atoms with Gasteiger partial charge in [0.2, 0.25) is 0 Å². The van der Waals surface area contributed by atoms with Crippen LogP contribution in [0.15, 0.2) is 200 Å². The van der Waals surface area contributed by atoms with Crippen molar-refractivity contribution in [1.82, 2.24) is 0 Å². The monoisotopic (exact) mass is 1050 g/mol. The summed E-state index contributed by atoms with van der Waals surface area (Å²) in [5.41, 5.74) is 17.8. The highest BCUT2D eigenvalue weighted by molar-refractivity contribution is 6.16. The van der Waals surface area contributed by atoms with Crippen LogP contribution in [0.1, 0.15) is 105 Å². The fourth-order valence-electron chi connectivity index (χ4n) is 11.9. The molecule has 0 bridgehead atoms. The van der Waals surface area contributed by atoms with Gasteiger partial charge in [-0.2, -0.15) is 0 Å². The van der Waals surface area contributed by atoms with Gasteiger partial charge >= 0.3 is 0 Å². The first-order valence-corrected chi connectivity index (χ1v) is 28.1. The zero-order chi connectivity index (χ0) is 55.4. The molecule has 6 nitrogen and oxygen atoms in total. The molecule has 396 valence electrons. The number of para-hydroxylation sites is 2. The van der Waals surface area contributed by atoms with E-state index >= 15 is 0 Å². The average molecular weight is 1050 g/mol. The smallest absolute Gasteiger partial charge is 0.137 e. The highest BCUT2D eigenvalue weighted by Gasteiger charge is 2.27. The summed E-state index contributed by atoms with van der Waals surface area (Å²) in [5, 5.41) is 10.8. The summed E-state index contributed by atoms with van der Waals surface area (Å²) in [7, 11) is 0. The minimum absolute atomic E-state index is 0.0737. The molecule has 14 rings (SSSR count). The summed E-state index contributed by atoms with van der Waals surface area (Å²) in [4.78, 5) is 4.71. The highest BCUT2D eigenvalue weighted by atomic mass is 16.3. The van der Waals surface area contributed by atoms with Crippen LogP contribution in [0.2, 0.25) is 0 Å². The molecule has 6 heteroatoms. The average Bonchev–Trinajstić information content (AvgIpc) is 4.25. The van der Waals surface area contributed by atoms with E-state index in [1.54, 1.807) is 0 Å². The van der Waals surface area contributed by atoms with Gasteiger partial charge in [0.25, 0.3) is 0 Å². The summed E-state index contributed by atoms with van der Waals surface area (Å²) in [5.74, 6) is 0. The first kappa shape index (κ1) is 49.5. The van der Waals surface area contributed by atoms with E-state index in [9.17, 15) is 0 Å². The predicted octanol–water partition coefficient (Wildman–Crippen LogP) is 22.6. The number of rotatable bonds is 6. The Morgan fingerprint density at radius 3 is 0.800 bits per heavy atom. The molecular weight excluding hydrogens is 981 g/mol. The van der Waals surface area contributed by atoms with Gasteiger partial charge in [-0.3, -0.25) is 0 Å². The number of nitrogens with zero attached hydrogens (tertiary/aromatic N) is 2. The van der Waals surface area contributed by atoms with Crippen LogP contribution in [0.3, 0.4) is 0 Å². The zero-order valence-electron chi connectivity index (χ0n) is 47.8. The predicted molar refractivity (Wildman–Crippen MR) is 337 cm³/mol. The Morgan fingerprint density at radius 2 is 0.487 bits per heavy atom. The van der Waals surface area contributed by atoms with Crippen molar-refractivity contribution < 1.29 is 17.7 Å². The molecule has 0 saturated heterocycles. The lowest BCUT2D eigenvalue weighted by molar-refractivity contribution is 0.568. The van der Waals surface area contributed by atoms with Crippen LogP contribution in [-0.4, -0.2) is 0 Å². The lowest BCUT2D eigenvalue weighted by Crippen LogP contribution is -2.19. The maximum absolute atomic E-state index is 6.92. The van der Waals surface area contributed by atoms with Gasteiger partial charge in [-0.25, -0.2) is 0 Å². The summed E-state index contributed by atoms with van der Waals surface area (Å²) in [6, 6.07) is 66.0. The van der Waals surface area contributed by atoms with E-state index in [0.29, 0.717) is 0 Å². The molecule has 0 amide bonds. The molecule has 14 aromatic rings. The number of anilines is 6. The molecule has 4 aromatic heterocycles. The quantitative estimate of drug-likeness (QED) is 0.165. The molecule has 0 radical (unpaired) electrons. The minimum Gasteiger partial charge on any atom is -0.456 e. The van der Waals surface area contributed by atoms with Crippen molar-refractivity contribution in [1.29, 1.82) is 0 Å². The van der Waals surface area contributed by atoms with Crippen LogP contribution in [0.25, 0.3) is 98.5 Å². The van der Waals surface area contributed by atoms with Crippen LogP contribution < -0.4 is 9.80 Å². The molecule has 4 heterocycles. The summed E-state index contributed by atoms with van der Waals surface area (Å²) < 4.78 is 26.8. The first-order valence-electron chi connectivity index (χ1n) is 28.1. The lowest BCUT2D eigenvalue weighted by atomic mass is 9.80. The minimum atomic E-state index is -0.0737. The molecule has 0 saturated carbocycles. The van der Waals surface area contributed by atoms with E-state index in [1.807, 2.05) is 24.3 Å². The summed E-state index contributed by atoms with van der Waals surface area (Å²) >= 11 is 0. The van der Waals surface area contributed by atoms with Crippen molar-refractivity contribution in [3.05, 3.63) is 204 Å². The number of benzene rings is 10. The molecule has 0 spiro atoms. The van der Waals surface area contributed by atoms with E-state index < -0.39 is 0 Å². The van der Waals surface area contributed by atoms with Gasteiger partial charge in [-0.1, -0.05) is 132 Å². The number of hydrogen-bond acceptors (Lipinski definition) is 6. The van der Waals surface area contributed by atoms with Crippen molar-refractivity contribution in [2.45, 2.75) is 105 Å². The van der Waals surface area contributed by atoms with Gasteiger partial charge in [0.05, 0.1) is 0 Å². The fourth-order valence-corrected chi connectivity index (χ4v) is 11.9. The second kappa shape index (κ2) is 17.4. The van der Waals surface area contributed by atoms with Gasteiger partial charge < -0.3 is 27.5 Å². The number of fused-ring (bicyclic) bond motifs is 13. The largest absolute Gasteiger partial charge is 0.456 e. The van der Waals surface area contributed by atoms with E-state index in [0.717, 1.165) is 133 Å². The van der Waals surface area contributed by atoms with Crippen molar-refractivity contribution in [3.63, 3.8) is 0 Å². The Hall–Kier alpha value is -8.74. The Labute approximate surface area is 466 Å². The molecular formula is C74H66N2O4. The normalized spacial score (nSPS) is 13.0. The Bertz CT molecular complexity index is 4460. The van der Waals surface area contributed by atoms with Gasteiger partial charge in [0.1, 0.15) is 44.7 Å². The molecule has 0 atom stereocenters. The van der Waals surface area contributed by atoms with Crippen molar-refractivity contribution in [2.75, 3.05) is 9.80 Å². The topological polar surface area (TPSA) is 59.0 Å². The number of furan rings is 4. The molecule has 0 N–H and O–H groups in total. The third kappa shape index (κ3) is 8.29. The van der Waals surface area contributed by atoms with Crippen LogP contribution in [-0.2, 0) is 21.7 Å². The third-order valence-corrected chi connectivity index (χ3v) is 16.6. The second-order valence-corrected chi connectivity index (χ2v) is 26.4. The maximum Gasteiger partial charge on any atom is 0.137 e. The van der Waals surface area contributed by atoms with E-state index in [1.165, 1.54) is 22.3 Å². The maximum atomic E-state index is 6.92. The second-order valence-electron chi connectivity index (χ2n) is 26.4. The lowest BCUT2D eigenvalue weighted by Gasteiger charge is -2.31. The Balaban J connectivity index is 0.889. The molecule has 10 aromatic carbocycles.